The first-order valence-electron chi connectivity index (χ1n) is 7.75. The maximum Gasteiger partial charge on any atom is 0.265 e. The van der Waals surface area contributed by atoms with Gasteiger partial charge in [-0.2, -0.15) is 5.10 Å². The van der Waals surface area contributed by atoms with Gasteiger partial charge in [0.1, 0.15) is 0 Å². The van der Waals surface area contributed by atoms with E-state index < -0.39 is 6.10 Å². The summed E-state index contributed by atoms with van der Waals surface area (Å²) in [4.78, 5) is 28.6. The van der Waals surface area contributed by atoms with Crippen molar-refractivity contribution in [3.05, 3.63) is 41.7 Å². The standard InChI is InChI=1S/C17H15N5O3/c1-8-12-6-10(7-18-15(12)22-21-8)19-17(24)11-4-3-5-13-14(11)25-9(2)16(23)20-13/h3-7,9H,1-2H3,(H,19,24)(H,20,23)(H,18,21,22)/t9-/m0/s1. The quantitative estimate of drug-likeness (QED) is 0.664. The number of para-hydroxylation sites is 1. The molecule has 0 bridgehead atoms. The Kier molecular flexibility index (Phi) is 3.38. The minimum atomic E-state index is -0.659. The predicted octanol–water partition coefficient (Wildman–Crippen LogP) is 2.24. The number of pyridine rings is 1. The summed E-state index contributed by atoms with van der Waals surface area (Å²) < 4.78 is 5.61. The van der Waals surface area contributed by atoms with Crippen molar-refractivity contribution in [2.45, 2.75) is 20.0 Å². The Morgan fingerprint density at radius 1 is 1.36 bits per heavy atom. The number of carbonyl (C=O) groups is 2. The van der Waals surface area contributed by atoms with Crippen molar-refractivity contribution in [3.63, 3.8) is 0 Å². The van der Waals surface area contributed by atoms with Crippen molar-refractivity contribution < 1.29 is 14.3 Å². The number of rotatable bonds is 2. The molecule has 0 spiro atoms. The second kappa shape index (κ2) is 5.59. The Morgan fingerprint density at radius 3 is 3.04 bits per heavy atom. The maximum atomic E-state index is 12.7. The van der Waals surface area contributed by atoms with Crippen LogP contribution in [0.1, 0.15) is 23.0 Å². The first-order valence-corrected chi connectivity index (χ1v) is 7.75. The van der Waals surface area contributed by atoms with Gasteiger partial charge in [0.2, 0.25) is 0 Å². The van der Waals surface area contributed by atoms with Crippen LogP contribution in [0, 0.1) is 6.92 Å². The average molecular weight is 337 g/mol. The van der Waals surface area contributed by atoms with E-state index in [1.54, 1.807) is 37.4 Å². The van der Waals surface area contributed by atoms with Gasteiger partial charge in [0, 0.05) is 11.1 Å². The monoisotopic (exact) mass is 337 g/mol. The number of carbonyl (C=O) groups excluding carboxylic acids is 2. The number of aromatic amines is 1. The Balaban J connectivity index is 1.66. The predicted molar refractivity (Wildman–Crippen MR) is 91.7 cm³/mol. The highest BCUT2D eigenvalue weighted by Crippen LogP contribution is 2.33. The molecule has 3 aromatic rings. The van der Waals surface area contributed by atoms with Crippen LogP contribution < -0.4 is 15.4 Å². The van der Waals surface area contributed by atoms with Crippen LogP contribution in [0.3, 0.4) is 0 Å². The summed E-state index contributed by atoms with van der Waals surface area (Å²) >= 11 is 0. The van der Waals surface area contributed by atoms with Crippen molar-refractivity contribution in [3.8, 4) is 5.75 Å². The van der Waals surface area contributed by atoms with Crippen LogP contribution in [0.2, 0.25) is 0 Å². The number of fused-ring (bicyclic) bond motifs is 2. The van der Waals surface area contributed by atoms with E-state index in [0.717, 1.165) is 11.1 Å². The molecular weight excluding hydrogens is 322 g/mol. The number of anilines is 2. The van der Waals surface area contributed by atoms with E-state index in [9.17, 15) is 9.59 Å². The van der Waals surface area contributed by atoms with E-state index in [1.165, 1.54) is 0 Å². The SMILES string of the molecule is Cc1[nH]nc2ncc(NC(=O)c3cccc4c3O[C@@H](C)C(=O)N4)cc12. The molecule has 0 unspecified atom stereocenters. The third kappa shape index (κ3) is 2.57. The highest BCUT2D eigenvalue weighted by Gasteiger charge is 2.27. The molecule has 126 valence electrons. The molecule has 1 atom stereocenters. The van der Waals surface area contributed by atoms with Gasteiger partial charge >= 0.3 is 0 Å². The molecule has 8 nitrogen and oxygen atoms in total. The second-order valence-electron chi connectivity index (χ2n) is 5.83. The van der Waals surface area contributed by atoms with E-state index in [-0.39, 0.29) is 11.8 Å². The second-order valence-corrected chi connectivity index (χ2v) is 5.83. The lowest BCUT2D eigenvalue weighted by Gasteiger charge is -2.25. The van der Waals surface area contributed by atoms with Crippen LogP contribution in [0.5, 0.6) is 5.75 Å². The highest BCUT2D eigenvalue weighted by atomic mass is 16.5. The summed E-state index contributed by atoms with van der Waals surface area (Å²) in [5, 5.41) is 13.3. The summed E-state index contributed by atoms with van der Waals surface area (Å²) in [5.41, 5.74) is 2.83. The number of benzene rings is 1. The normalized spacial score (nSPS) is 16.1. The lowest BCUT2D eigenvalue weighted by atomic mass is 10.1. The largest absolute Gasteiger partial charge is 0.478 e. The molecule has 8 heteroatoms. The molecule has 25 heavy (non-hydrogen) atoms. The molecule has 2 aromatic heterocycles. The average Bonchev–Trinajstić information content (AvgIpc) is 2.96. The van der Waals surface area contributed by atoms with Crippen molar-refractivity contribution in [2.75, 3.05) is 10.6 Å². The molecule has 1 aromatic carbocycles. The van der Waals surface area contributed by atoms with Gasteiger partial charge in [-0.1, -0.05) is 6.07 Å². The number of hydrogen-bond donors (Lipinski definition) is 3. The van der Waals surface area contributed by atoms with Crippen LogP contribution >= 0.6 is 0 Å². The van der Waals surface area contributed by atoms with Gasteiger partial charge in [0.05, 0.1) is 23.1 Å². The van der Waals surface area contributed by atoms with E-state index in [4.69, 9.17) is 4.74 Å². The summed E-state index contributed by atoms with van der Waals surface area (Å²) in [6, 6.07) is 6.83. The van der Waals surface area contributed by atoms with Gasteiger partial charge in [-0.05, 0) is 32.0 Å². The first kappa shape index (κ1) is 15.1. The number of aryl methyl sites for hydroxylation is 1. The summed E-state index contributed by atoms with van der Waals surface area (Å²) in [5.74, 6) is -0.224. The number of amides is 2. The highest BCUT2D eigenvalue weighted by molar-refractivity contribution is 6.09. The molecule has 1 aliphatic rings. The molecule has 0 fully saturated rings. The van der Waals surface area contributed by atoms with Crippen LogP contribution in [0.15, 0.2) is 30.5 Å². The fourth-order valence-electron chi connectivity index (χ4n) is 2.69. The lowest BCUT2D eigenvalue weighted by Crippen LogP contribution is -2.35. The van der Waals surface area contributed by atoms with Gasteiger partial charge in [0.25, 0.3) is 11.8 Å². The topological polar surface area (TPSA) is 109 Å². The van der Waals surface area contributed by atoms with E-state index in [0.29, 0.717) is 28.3 Å². The van der Waals surface area contributed by atoms with Crippen molar-refractivity contribution in [1.82, 2.24) is 15.2 Å². The Bertz CT molecular complexity index is 1010. The molecule has 1 aliphatic heterocycles. The third-order valence-electron chi connectivity index (χ3n) is 4.04. The Morgan fingerprint density at radius 2 is 2.20 bits per heavy atom. The molecule has 0 aliphatic carbocycles. The fraction of sp³-hybridized carbons (Fsp3) is 0.176. The van der Waals surface area contributed by atoms with Crippen LogP contribution in [-0.2, 0) is 4.79 Å². The molecule has 2 amide bonds. The lowest BCUT2D eigenvalue weighted by molar-refractivity contribution is -0.122. The van der Waals surface area contributed by atoms with Gasteiger partial charge < -0.3 is 15.4 Å². The van der Waals surface area contributed by atoms with Crippen molar-refractivity contribution in [2.24, 2.45) is 0 Å². The van der Waals surface area contributed by atoms with Gasteiger partial charge in [-0.3, -0.25) is 14.7 Å². The molecule has 4 rings (SSSR count). The molecular formula is C17H15N5O3. The summed E-state index contributed by atoms with van der Waals surface area (Å²) in [6.07, 6.45) is 0.884. The molecule has 0 radical (unpaired) electrons. The number of ether oxygens (including phenoxy) is 1. The zero-order chi connectivity index (χ0) is 17.6. The van der Waals surface area contributed by atoms with Gasteiger partial charge in [-0.15, -0.1) is 0 Å². The summed E-state index contributed by atoms with van der Waals surface area (Å²) in [7, 11) is 0. The maximum absolute atomic E-state index is 12.7. The number of nitrogens with one attached hydrogen (secondary N) is 3. The fourth-order valence-corrected chi connectivity index (χ4v) is 2.69. The van der Waals surface area contributed by atoms with E-state index in [1.807, 2.05) is 6.92 Å². The van der Waals surface area contributed by atoms with Gasteiger partial charge in [0.15, 0.2) is 17.5 Å². The van der Waals surface area contributed by atoms with Crippen LogP contribution in [0.25, 0.3) is 11.0 Å². The van der Waals surface area contributed by atoms with Crippen molar-refractivity contribution >= 4 is 34.2 Å². The van der Waals surface area contributed by atoms with E-state index in [2.05, 4.69) is 25.8 Å². The third-order valence-corrected chi connectivity index (χ3v) is 4.04. The number of nitrogens with zero attached hydrogens (tertiary/aromatic N) is 2. The zero-order valence-electron chi connectivity index (χ0n) is 13.6. The number of aromatic nitrogens is 3. The minimum absolute atomic E-state index is 0.241. The molecule has 0 saturated carbocycles. The van der Waals surface area contributed by atoms with Crippen LogP contribution in [-0.4, -0.2) is 33.1 Å². The van der Waals surface area contributed by atoms with Gasteiger partial charge in [-0.25, -0.2) is 4.98 Å². The Hall–Kier alpha value is -3.42. The number of hydrogen-bond acceptors (Lipinski definition) is 5. The van der Waals surface area contributed by atoms with Crippen LogP contribution in [0.4, 0.5) is 11.4 Å². The van der Waals surface area contributed by atoms with Crippen molar-refractivity contribution in [1.29, 1.82) is 0 Å². The molecule has 3 heterocycles. The van der Waals surface area contributed by atoms with E-state index >= 15 is 0 Å². The zero-order valence-corrected chi connectivity index (χ0v) is 13.6. The minimum Gasteiger partial charge on any atom is -0.478 e. The summed E-state index contributed by atoms with van der Waals surface area (Å²) in [6.45, 7) is 3.51. The molecule has 3 N–H and O–H groups in total. The smallest absolute Gasteiger partial charge is 0.265 e. The molecule has 0 saturated heterocycles. The first-order chi connectivity index (χ1) is 12.0. The Labute approximate surface area is 142 Å². The number of H-pyrrole nitrogens is 1.